The molecule has 2 N–H and O–H groups in total. The molecule has 0 amide bonds. The van der Waals surface area contributed by atoms with Crippen LogP contribution < -0.4 is 10.6 Å². The number of nitrogens with zero attached hydrogens (tertiary/aromatic N) is 3. The first kappa shape index (κ1) is 15.0. The Bertz CT molecular complexity index is 1020. The summed E-state index contributed by atoms with van der Waals surface area (Å²) < 4.78 is 14.1. The summed E-state index contributed by atoms with van der Waals surface area (Å²) in [4.78, 5) is 12.5. The van der Waals surface area contributed by atoms with Crippen LogP contribution in [0.15, 0.2) is 73.1 Å². The Morgan fingerprint density at radius 2 is 1.68 bits per heavy atom. The second-order valence-electron chi connectivity index (χ2n) is 5.42. The monoisotopic (exact) mass is 331 g/mol. The molecule has 0 aliphatic carbocycles. The standard InChI is InChI=1S/C19H14FN5/c20-16-12-22-19(24-14-6-2-1-3-7-14)25-18(16)23-15-8-9-17-13(11-15)5-4-10-21-17/h1-12H,(H2,22,23,24,25). The maximum absolute atomic E-state index is 14.1. The first-order valence-electron chi connectivity index (χ1n) is 7.74. The molecule has 122 valence electrons. The van der Waals surface area contributed by atoms with Gasteiger partial charge in [-0.3, -0.25) is 4.98 Å². The second-order valence-corrected chi connectivity index (χ2v) is 5.42. The molecule has 0 saturated heterocycles. The fourth-order valence-electron chi connectivity index (χ4n) is 2.46. The van der Waals surface area contributed by atoms with Gasteiger partial charge in [-0.1, -0.05) is 24.3 Å². The number of halogens is 1. The SMILES string of the molecule is Fc1cnc(Nc2ccccc2)nc1Nc1ccc2ncccc2c1. The number of anilines is 4. The van der Waals surface area contributed by atoms with Crippen LogP contribution in [0.2, 0.25) is 0 Å². The molecule has 0 aliphatic rings. The topological polar surface area (TPSA) is 62.7 Å². The Hall–Kier alpha value is -3.54. The van der Waals surface area contributed by atoms with Crippen molar-refractivity contribution in [1.29, 1.82) is 0 Å². The molecule has 6 heteroatoms. The van der Waals surface area contributed by atoms with Crippen molar-refractivity contribution in [2.75, 3.05) is 10.6 Å². The number of benzene rings is 2. The molecule has 0 bridgehead atoms. The van der Waals surface area contributed by atoms with Crippen molar-refractivity contribution in [2.45, 2.75) is 0 Å². The van der Waals surface area contributed by atoms with Crippen molar-refractivity contribution in [3.63, 3.8) is 0 Å². The van der Waals surface area contributed by atoms with Gasteiger partial charge < -0.3 is 10.6 Å². The Morgan fingerprint density at radius 3 is 2.56 bits per heavy atom. The molecular formula is C19H14FN5. The number of aromatic nitrogens is 3. The molecule has 0 radical (unpaired) electrons. The van der Waals surface area contributed by atoms with Crippen LogP contribution in [0.3, 0.4) is 0 Å². The van der Waals surface area contributed by atoms with E-state index < -0.39 is 5.82 Å². The lowest BCUT2D eigenvalue weighted by atomic mass is 10.2. The van der Waals surface area contributed by atoms with Crippen LogP contribution in [0.5, 0.6) is 0 Å². The smallest absolute Gasteiger partial charge is 0.229 e. The summed E-state index contributed by atoms with van der Waals surface area (Å²) in [5.41, 5.74) is 2.43. The maximum atomic E-state index is 14.1. The maximum Gasteiger partial charge on any atom is 0.229 e. The van der Waals surface area contributed by atoms with E-state index in [1.54, 1.807) is 6.20 Å². The summed E-state index contributed by atoms with van der Waals surface area (Å²) in [5, 5.41) is 7.01. The average Bonchev–Trinajstić information content (AvgIpc) is 2.65. The predicted molar refractivity (Wildman–Crippen MR) is 96.7 cm³/mol. The molecule has 0 aliphatic heterocycles. The molecule has 25 heavy (non-hydrogen) atoms. The molecule has 5 nitrogen and oxygen atoms in total. The van der Waals surface area contributed by atoms with E-state index in [1.807, 2.05) is 60.7 Å². The van der Waals surface area contributed by atoms with Gasteiger partial charge in [0.15, 0.2) is 11.6 Å². The third kappa shape index (κ3) is 3.37. The van der Waals surface area contributed by atoms with E-state index in [4.69, 9.17) is 0 Å². The summed E-state index contributed by atoms with van der Waals surface area (Å²) in [6.07, 6.45) is 2.88. The molecule has 4 rings (SSSR count). The molecule has 2 heterocycles. The zero-order valence-electron chi connectivity index (χ0n) is 13.1. The van der Waals surface area contributed by atoms with Crippen molar-refractivity contribution in [3.8, 4) is 0 Å². The van der Waals surface area contributed by atoms with Crippen molar-refractivity contribution in [2.24, 2.45) is 0 Å². The van der Waals surface area contributed by atoms with E-state index in [-0.39, 0.29) is 5.82 Å². The van der Waals surface area contributed by atoms with Gasteiger partial charge in [-0.25, -0.2) is 9.37 Å². The van der Waals surface area contributed by atoms with E-state index in [1.165, 1.54) is 0 Å². The normalized spacial score (nSPS) is 10.6. The minimum Gasteiger partial charge on any atom is -0.338 e. The van der Waals surface area contributed by atoms with Gasteiger partial charge in [0, 0.05) is 23.0 Å². The highest BCUT2D eigenvalue weighted by molar-refractivity contribution is 5.83. The van der Waals surface area contributed by atoms with Crippen molar-refractivity contribution in [3.05, 3.63) is 78.9 Å². The van der Waals surface area contributed by atoms with Crippen LogP contribution in [0.4, 0.5) is 27.5 Å². The fraction of sp³-hybridized carbons (Fsp3) is 0. The number of pyridine rings is 1. The molecule has 2 aromatic heterocycles. The zero-order valence-corrected chi connectivity index (χ0v) is 13.1. The fourth-order valence-corrected chi connectivity index (χ4v) is 2.46. The van der Waals surface area contributed by atoms with Crippen LogP contribution in [0, 0.1) is 5.82 Å². The molecule has 0 spiro atoms. The first-order chi connectivity index (χ1) is 12.3. The van der Waals surface area contributed by atoms with E-state index in [2.05, 4.69) is 25.6 Å². The van der Waals surface area contributed by atoms with Crippen molar-refractivity contribution in [1.82, 2.24) is 15.0 Å². The van der Waals surface area contributed by atoms with Gasteiger partial charge in [-0.2, -0.15) is 4.98 Å². The quantitative estimate of drug-likeness (QED) is 0.570. The highest BCUT2D eigenvalue weighted by Crippen LogP contribution is 2.23. The molecule has 0 atom stereocenters. The van der Waals surface area contributed by atoms with Gasteiger partial charge in [0.05, 0.1) is 11.7 Å². The van der Waals surface area contributed by atoms with E-state index >= 15 is 0 Å². The summed E-state index contributed by atoms with van der Waals surface area (Å²) >= 11 is 0. The Balaban J connectivity index is 1.61. The first-order valence-corrected chi connectivity index (χ1v) is 7.74. The van der Waals surface area contributed by atoms with Crippen LogP contribution in [0.25, 0.3) is 10.9 Å². The molecule has 0 fully saturated rings. The summed E-state index contributed by atoms with van der Waals surface area (Å²) in [6.45, 7) is 0. The van der Waals surface area contributed by atoms with E-state index in [0.717, 1.165) is 28.5 Å². The largest absolute Gasteiger partial charge is 0.338 e. The highest BCUT2D eigenvalue weighted by atomic mass is 19.1. The summed E-state index contributed by atoms with van der Waals surface area (Å²) in [5.74, 6) is -0.0980. The van der Waals surface area contributed by atoms with Crippen LogP contribution in [-0.4, -0.2) is 15.0 Å². The summed E-state index contributed by atoms with van der Waals surface area (Å²) in [7, 11) is 0. The van der Waals surface area contributed by atoms with Crippen LogP contribution >= 0.6 is 0 Å². The zero-order chi connectivity index (χ0) is 17.1. The van der Waals surface area contributed by atoms with Crippen LogP contribution in [-0.2, 0) is 0 Å². The Morgan fingerprint density at radius 1 is 0.800 bits per heavy atom. The summed E-state index contributed by atoms with van der Waals surface area (Å²) in [6, 6.07) is 18.9. The lowest BCUT2D eigenvalue weighted by Gasteiger charge is -2.10. The number of para-hydroxylation sites is 1. The Labute approximate surface area is 143 Å². The van der Waals surface area contributed by atoms with Crippen molar-refractivity contribution >= 4 is 34.0 Å². The number of hydrogen-bond donors (Lipinski definition) is 2. The van der Waals surface area contributed by atoms with Gasteiger partial charge in [-0.15, -0.1) is 0 Å². The van der Waals surface area contributed by atoms with Gasteiger partial charge in [-0.05, 0) is 36.4 Å². The Kier molecular flexibility index (Phi) is 3.92. The molecule has 0 saturated carbocycles. The van der Waals surface area contributed by atoms with Gasteiger partial charge in [0.25, 0.3) is 0 Å². The third-order valence-corrected chi connectivity index (χ3v) is 3.64. The highest BCUT2D eigenvalue weighted by Gasteiger charge is 2.08. The minimum atomic E-state index is -0.523. The van der Waals surface area contributed by atoms with Gasteiger partial charge >= 0.3 is 0 Å². The van der Waals surface area contributed by atoms with E-state index in [9.17, 15) is 4.39 Å². The number of nitrogens with one attached hydrogen (secondary N) is 2. The lowest BCUT2D eigenvalue weighted by Crippen LogP contribution is -2.03. The molecule has 2 aromatic carbocycles. The van der Waals surface area contributed by atoms with E-state index in [0.29, 0.717) is 5.95 Å². The number of fused-ring (bicyclic) bond motifs is 1. The predicted octanol–water partition coefficient (Wildman–Crippen LogP) is 4.65. The number of rotatable bonds is 4. The molecular weight excluding hydrogens is 317 g/mol. The minimum absolute atomic E-state index is 0.108. The van der Waals surface area contributed by atoms with Crippen molar-refractivity contribution < 1.29 is 4.39 Å². The number of hydrogen-bond acceptors (Lipinski definition) is 5. The van der Waals surface area contributed by atoms with Gasteiger partial charge in [0.1, 0.15) is 0 Å². The van der Waals surface area contributed by atoms with Crippen LogP contribution in [0.1, 0.15) is 0 Å². The second kappa shape index (κ2) is 6.52. The molecule has 0 unspecified atom stereocenters. The van der Waals surface area contributed by atoms with Gasteiger partial charge in [0.2, 0.25) is 5.95 Å². The lowest BCUT2D eigenvalue weighted by molar-refractivity contribution is 0.619. The average molecular weight is 331 g/mol. The molecule has 4 aromatic rings. The third-order valence-electron chi connectivity index (χ3n) is 3.64.